The molecule has 21 heavy (non-hydrogen) atoms. The number of rotatable bonds is 10. The Bertz CT molecular complexity index is 394. The standard InChI is InChI=1S/C14H32N4O2S/c1-6-21(19,20)17-11-10-16-14(15-5)18-13(4)9-7-8-12(2)3/h12-13,17H,6-11H2,1-5H3,(H2,15,16,18). The predicted octanol–water partition coefficient (Wildman–Crippen LogP) is 1.31. The lowest BCUT2D eigenvalue weighted by Crippen LogP contribution is -2.44. The highest BCUT2D eigenvalue weighted by Gasteiger charge is 2.07. The van der Waals surface area contributed by atoms with E-state index in [-0.39, 0.29) is 5.75 Å². The molecule has 0 aliphatic carbocycles. The van der Waals surface area contributed by atoms with E-state index in [4.69, 9.17) is 0 Å². The van der Waals surface area contributed by atoms with Gasteiger partial charge in [-0.25, -0.2) is 13.1 Å². The van der Waals surface area contributed by atoms with Crippen LogP contribution in [0.2, 0.25) is 0 Å². The van der Waals surface area contributed by atoms with Crippen molar-refractivity contribution in [1.82, 2.24) is 15.4 Å². The van der Waals surface area contributed by atoms with Crippen LogP contribution in [0.15, 0.2) is 4.99 Å². The van der Waals surface area contributed by atoms with Crippen LogP contribution in [-0.4, -0.2) is 46.3 Å². The molecule has 1 atom stereocenters. The number of sulfonamides is 1. The largest absolute Gasteiger partial charge is 0.355 e. The van der Waals surface area contributed by atoms with Crippen molar-refractivity contribution in [2.75, 3.05) is 25.9 Å². The Balaban J connectivity index is 3.91. The first-order chi connectivity index (χ1) is 9.80. The van der Waals surface area contributed by atoms with Gasteiger partial charge in [-0.2, -0.15) is 0 Å². The molecule has 7 heteroatoms. The highest BCUT2D eigenvalue weighted by Crippen LogP contribution is 2.07. The molecular formula is C14H32N4O2S. The van der Waals surface area contributed by atoms with Gasteiger partial charge in [-0.1, -0.05) is 26.7 Å². The lowest BCUT2D eigenvalue weighted by atomic mass is 10.0. The summed E-state index contributed by atoms with van der Waals surface area (Å²) in [6.07, 6.45) is 3.53. The molecular weight excluding hydrogens is 288 g/mol. The molecule has 0 rings (SSSR count). The first-order valence-corrected chi connectivity index (χ1v) is 9.40. The van der Waals surface area contributed by atoms with E-state index in [2.05, 4.69) is 41.1 Å². The van der Waals surface area contributed by atoms with Crippen LogP contribution >= 0.6 is 0 Å². The molecule has 0 aliphatic heterocycles. The molecule has 6 nitrogen and oxygen atoms in total. The van der Waals surface area contributed by atoms with Crippen molar-refractivity contribution in [3.63, 3.8) is 0 Å². The molecule has 0 heterocycles. The van der Waals surface area contributed by atoms with Crippen molar-refractivity contribution < 1.29 is 8.42 Å². The van der Waals surface area contributed by atoms with Crippen molar-refractivity contribution in [1.29, 1.82) is 0 Å². The Kier molecular flexibility index (Phi) is 10.4. The van der Waals surface area contributed by atoms with Gasteiger partial charge < -0.3 is 10.6 Å². The zero-order valence-corrected chi connectivity index (χ0v) is 14.9. The summed E-state index contributed by atoms with van der Waals surface area (Å²) in [5, 5.41) is 6.42. The number of hydrogen-bond acceptors (Lipinski definition) is 3. The van der Waals surface area contributed by atoms with Crippen LogP contribution in [-0.2, 0) is 10.0 Å². The Morgan fingerprint density at radius 1 is 1.14 bits per heavy atom. The van der Waals surface area contributed by atoms with Gasteiger partial charge in [0, 0.05) is 26.2 Å². The topological polar surface area (TPSA) is 82.6 Å². The molecule has 126 valence electrons. The van der Waals surface area contributed by atoms with E-state index in [0.717, 1.165) is 12.3 Å². The van der Waals surface area contributed by atoms with Gasteiger partial charge in [0.25, 0.3) is 0 Å². The Morgan fingerprint density at radius 2 is 1.81 bits per heavy atom. The normalized spacial score (nSPS) is 14.3. The molecule has 0 aromatic carbocycles. The molecule has 0 amide bonds. The molecule has 0 saturated heterocycles. The smallest absolute Gasteiger partial charge is 0.211 e. The fourth-order valence-electron chi connectivity index (χ4n) is 1.82. The van der Waals surface area contributed by atoms with E-state index >= 15 is 0 Å². The van der Waals surface area contributed by atoms with Gasteiger partial charge in [0.05, 0.1) is 5.75 Å². The lowest BCUT2D eigenvalue weighted by Gasteiger charge is -2.18. The van der Waals surface area contributed by atoms with Crippen LogP contribution in [0, 0.1) is 5.92 Å². The molecule has 0 bridgehead atoms. The predicted molar refractivity (Wildman–Crippen MR) is 90.1 cm³/mol. The highest BCUT2D eigenvalue weighted by molar-refractivity contribution is 7.89. The third-order valence-corrected chi connectivity index (χ3v) is 4.55. The first-order valence-electron chi connectivity index (χ1n) is 7.75. The summed E-state index contributed by atoms with van der Waals surface area (Å²) in [7, 11) is -1.40. The van der Waals surface area contributed by atoms with Crippen LogP contribution in [0.1, 0.15) is 47.0 Å². The molecule has 0 aromatic rings. The van der Waals surface area contributed by atoms with Gasteiger partial charge in [0.1, 0.15) is 0 Å². The van der Waals surface area contributed by atoms with Crippen LogP contribution in [0.25, 0.3) is 0 Å². The van der Waals surface area contributed by atoms with E-state index in [1.54, 1.807) is 14.0 Å². The first kappa shape index (κ1) is 20.2. The van der Waals surface area contributed by atoms with Gasteiger partial charge in [-0.3, -0.25) is 4.99 Å². The number of aliphatic imine (C=N–C) groups is 1. The zero-order chi connectivity index (χ0) is 16.3. The number of nitrogens with zero attached hydrogens (tertiary/aromatic N) is 1. The number of nitrogens with one attached hydrogen (secondary N) is 3. The summed E-state index contributed by atoms with van der Waals surface area (Å²) in [5.74, 6) is 1.55. The summed E-state index contributed by atoms with van der Waals surface area (Å²) in [5.41, 5.74) is 0. The van der Waals surface area contributed by atoms with Gasteiger partial charge in [0.15, 0.2) is 5.96 Å². The SMILES string of the molecule is CCS(=O)(=O)NCCNC(=NC)NC(C)CCCC(C)C. The summed E-state index contributed by atoms with van der Waals surface area (Å²) < 4.78 is 25.1. The van der Waals surface area contributed by atoms with E-state index < -0.39 is 10.0 Å². The quantitative estimate of drug-likeness (QED) is 0.322. The van der Waals surface area contributed by atoms with Crippen LogP contribution < -0.4 is 15.4 Å². The molecule has 0 saturated carbocycles. The Morgan fingerprint density at radius 3 is 2.33 bits per heavy atom. The van der Waals surface area contributed by atoms with E-state index in [1.807, 2.05) is 0 Å². The third kappa shape index (κ3) is 11.5. The van der Waals surface area contributed by atoms with Crippen molar-refractivity contribution in [3.05, 3.63) is 0 Å². The van der Waals surface area contributed by atoms with E-state index in [0.29, 0.717) is 25.1 Å². The van der Waals surface area contributed by atoms with Crippen molar-refractivity contribution >= 4 is 16.0 Å². The molecule has 0 spiro atoms. The van der Waals surface area contributed by atoms with Crippen molar-refractivity contribution in [2.45, 2.75) is 53.0 Å². The van der Waals surface area contributed by atoms with Gasteiger partial charge >= 0.3 is 0 Å². The summed E-state index contributed by atoms with van der Waals surface area (Å²) >= 11 is 0. The zero-order valence-electron chi connectivity index (χ0n) is 14.1. The van der Waals surface area contributed by atoms with E-state index in [1.165, 1.54) is 12.8 Å². The maximum atomic E-state index is 11.3. The molecule has 3 N–H and O–H groups in total. The monoisotopic (exact) mass is 320 g/mol. The molecule has 0 radical (unpaired) electrons. The van der Waals surface area contributed by atoms with Crippen LogP contribution in [0.3, 0.4) is 0 Å². The molecule has 0 aliphatic rings. The molecule has 0 aromatic heterocycles. The minimum absolute atomic E-state index is 0.104. The fourth-order valence-corrected chi connectivity index (χ4v) is 2.44. The van der Waals surface area contributed by atoms with E-state index in [9.17, 15) is 8.42 Å². The number of hydrogen-bond donors (Lipinski definition) is 3. The summed E-state index contributed by atoms with van der Waals surface area (Å²) in [6.45, 7) is 9.09. The van der Waals surface area contributed by atoms with Gasteiger partial charge in [0.2, 0.25) is 10.0 Å². The Labute approximate surface area is 130 Å². The number of guanidine groups is 1. The highest BCUT2D eigenvalue weighted by atomic mass is 32.2. The van der Waals surface area contributed by atoms with Gasteiger partial charge in [-0.15, -0.1) is 0 Å². The fraction of sp³-hybridized carbons (Fsp3) is 0.929. The third-order valence-electron chi connectivity index (χ3n) is 3.14. The summed E-state index contributed by atoms with van der Waals surface area (Å²) in [6, 6.07) is 0.349. The average molecular weight is 321 g/mol. The molecule has 0 fully saturated rings. The second-order valence-corrected chi connectivity index (χ2v) is 7.76. The van der Waals surface area contributed by atoms with Crippen LogP contribution in [0.5, 0.6) is 0 Å². The maximum absolute atomic E-state index is 11.3. The summed E-state index contributed by atoms with van der Waals surface area (Å²) in [4.78, 5) is 4.14. The van der Waals surface area contributed by atoms with Gasteiger partial charge in [-0.05, 0) is 26.2 Å². The minimum Gasteiger partial charge on any atom is -0.355 e. The molecule has 1 unspecified atom stereocenters. The second kappa shape index (κ2) is 10.8. The maximum Gasteiger partial charge on any atom is 0.211 e. The lowest BCUT2D eigenvalue weighted by molar-refractivity contribution is 0.491. The van der Waals surface area contributed by atoms with Crippen molar-refractivity contribution in [3.8, 4) is 0 Å². The average Bonchev–Trinajstić information content (AvgIpc) is 2.41. The minimum atomic E-state index is -3.12. The second-order valence-electron chi connectivity index (χ2n) is 5.67. The Hall–Kier alpha value is -0.820. The van der Waals surface area contributed by atoms with Crippen molar-refractivity contribution in [2.24, 2.45) is 10.9 Å². The van der Waals surface area contributed by atoms with Crippen LogP contribution in [0.4, 0.5) is 0 Å².